The number of aryl methyl sites for hydroxylation is 1. The third-order valence-corrected chi connectivity index (χ3v) is 4.01. The van der Waals surface area contributed by atoms with Crippen molar-refractivity contribution < 1.29 is 14.3 Å². The fraction of sp³-hybridized carbons (Fsp3) is 0.188. The van der Waals surface area contributed by atoms with E-state index in [1.165, 1.54) is 0 Å². The minimum absolute atomic E-state index is 0.0184. The molecular formula is C16H17O3P. The van der Waals surface area contributed by atoms with Gasteiger partial charge in [0.05, 0.1) is 14.2 Å². The van der Waals surface area contributed by atoms with Gasteiger partial charge in [-0.15, -0.1) is 0 Å². The maximum absolute atomic E-state index is 12.5. The van der Waals surface area contributed by atoms with Crippen molar-refractivity contribution in [2.24, 2.45) is 0 Å². The van der Waals surface area contributed by atoms with Crippen LogP contribution in [0, 0.1) is 6.92 Å². The Morgan fingerprint density at radius 1 is 1.00 bits per heavy atom. The molecule has 0 N–H and O–H groups in total. The van der Waals surface area contributed by atoms with Gasteiger partial charge in [0.25, 0.3) is 0 Å². The zero-order valence-electron chi connectivity index (χ0n) is 11.8. The molecule has 0 saturated carbocycles. The van der Waals surface area contributed by atoms with Crippen molar-refractivity contribution in [3.8, 4) is 11.5 Å². The first-order valence-corrected chi connectivity index (χ1v) is 7.24. The van der Waals surface area contributed by atoms with Crippen molar-refractivity contribution in [3.63, 3.8) is 0 Å². The van der Waals surface area contributed by atoms with Crippen LogP contribution in [0.2, 0.25) is 0 Å². The summed E-state index contributed by atoms with van der Waals surface area (Å²) in [6.45, 7) is 1.94. The Hall–Kier alpha value is -1.86. The van der Waals surface area contributed by atoms with E-state index in [0.717, 1.165) is 10.9 Å². The van der Waals surface area contributed by atoms with Gasteiger partial charge >= 0.3 is 0 Å². The Bertz CT molecular complexity index is 583. The van der Waals surface area contributed by atoms with E-state index in [9.17, 15) is 4.79 Å². The molecule has 0 aliphatic heterocycles. The lowest BCUT2D eigenvalue weighted by Gasteiger charge is -2.13. The van der Waals surface area contributed by atoms with Gasteiger partial charge < -0.3 is 9.47 Å². The van der Waals surface area contributed by atoms with Crippen molar-refractivity contribution >= 4 is 19.4 Å². The Morgan fingerprint density at radius 3 is 2.05 bits per heavy atom. The number of carbonyl (C=O) groups excluding carboxylic acids is 1. The predicted octanol–water partition coefficient (Wildman–Crippen LogP) is 3.16. The quantitative estimate of drug-likeness (QED) is 0.793. The fourth-order valence-electron chi connectivity index (χ4n) is 1.98. The second-order valence-corrected chi connectivity index (χ2v) is 5.65. The zero-order valence-corrected chi connectivity index (χ0v) is 12.8. The van der Waals surface area contributed by atoms with E-state index in [4.69, 9.17) is 9.47 Å². The van der Waals surface area contributed by atoms with E-state index >= 15 is 0 Å². The third-order valence-electron chi connectivity index (χ3n) is 2.91. The van der Waals surface area contributed by atoms with E-state index < -0.39 is 0 Å². The molecule has 0 amide bonds. The lowest BCUT2D eigenvalue weighted by molar-refractivity contribution is 0.108. The number of hydrogen-bond donors (Lipinski definition) is 0. The minimum Gasteiger partial charge on any atom is -0.496 e. The largest absolute Gasteiger partial charge is 0.496 e. The van der Waals surface area contributed by atoms with Crippen molar-refractivity contribution in [2.45, 2.75) is 6.92 Å². The molecule has 20 heavy (non-hydrogen) atoms. The summed E-state index contributed by atoms with van der Waals surface area (Å²) in [6.07, 6.45) is 0. The second-order valence-electron chi connectivity index (χ2n) is 4.36. The van der Waals surface area contributed by atoms with Crippen LogP contribution in [0.4, 0.5) is 0 Å². The Balaban J connectivity index is 2.38. The summed E-state index contributed by atoms with van der Waals surface area (Å²) >= 11 is 0. The third kappa shape index (κ3) is 3.17. The highest BCUT2D eigenvalue weighted by atomic mass is 31.1. The van der Waals surface area contributed by atoms with E-state index in [2.05, 4.69) is 0 Å². The molecule has 1 atom stereocenters. The molecule has 3 nitrogen and oxygen atoms in total. The van der Waals surface area contributed by atoms with Gasteiger partial charge in [-0.25, -0.2) is 0 Å². The highest BCUT2D eigenvalue weighted by molar-refractivity contribution is 7.66. The molecule has 0 spiro atoms. The van der Waals surface area contributed by atoms with Crippen molar-refractivity contribution in [1.82, 2.24) is 0 Å². The number of hydrogen-bond acceptors (Lipinski definition) is 3. The van der Waals surface area contributed by atoms with Crippen molar-refractivity contribution in [2.75, 3.05) is 14.2 Å². The molecule has 0 fully saturated rings. The van der Waals surface area contributed by atoms with Crippen LogP contribution < -0.4 is 14.8 Å². The van der Waals surface area contributed by atoms with Crippen LogP contribution in [0.3, 0.4) is 0 Å². The predicted molar refractivity (Wildman–Crippen MR) is 83.0 cm³/mol. The Kier molecular flexibility index (Phi) is 4.75. The van der Waals surface area contributed by atoms with Crippen LogP contribution in [-0.4, -0.2) is 19.7 Å². The Labute approximate surface area is 120 Å². The van der Waals surface area contributed by atoms with Gasteiger partial charge in [-0.2, -0.15) is 0 Å². The maximum Gasteiger partial charge on any atom is 0.193 e. The van der Waals surface area contributed by atoms with E-state index in [-0.39, 0.29) is 14.1 Å². The van der Waals surface area contributed by atoms with Gasteiger partial charge in [0.1, 0.15) is 17.1 Å². The topological polar surface area (TPSA) is 35.5 Å². The molecule has 0 aliphatic rings. The zero-order chi connectivity index (χ0) is 14.5. The SMILES string of the molecule is COc1cc(C)cc(OC)c1C(=O)Pc1ccccc1. The van der Waals surface area contributed by atoms with Gasteiger partial charge in [-0.3, -0.25) is 4.79 Å². The molecule has 104 valence electrons. The lowest BCUT2D eigenvalue weighted by atomic mass is 10.1. The smallest absolute Gasteiger partial charge is 0.193 e. The number of rotatable bonds is 5. The maximum atomic E-state index is 12.5. The van der Waals surface area contributed by atoms with Gasteiger partial charge in [0.2, 0.25) is 0 Å². The second kappa shape index (κ2) is 6.53. The summed E-state index contributed by atoms with van der Waals surface area (Å²) in [5.41, 5.74) is 1.53. The average Bonchev–Trinajstić information content (AvgIpc) is 2.46. The van der Waals surface area contributed by atoms with Gasteiger partial charge in [0, 0.05) is 0 Å². The van der Waals surface area contributed by atoms with E-state index in [1.807, 2.05) is 49.4 Å². The van der Waals surface area contributed by atoms with Gasteiger partial charge in [0.15, 0.2) is 5.52 Å². The standard InChI is InChI=1S/C16H17O3P/c1-11-9-13(18-2)15(14(10-11)19-3)16(17)20-12-7-5-4-6-8-12/h4-10,20H,1-3H3. The summed E-state index contributed by atoms with van der Waals surface area (Å²) < 4.78 is 10.7. The monoisotopic (exact) mass is 288 g/mol. The average molecular weight is 288 g/mol. The highest BCUT2D eigenvalue weighted by Gasteiger charge is 2.19. The summed E-state index contributed by atoms with van der Waals surface area (Å²) in [4.78, 5) is 12.5. The summed E-state index contributed by atoms with van der Waals surface area (Å²) in [5, 5.41) is 1.00. The first-order chi connectivity index (χ1) is 9.65. The lowest BCUT2D eigenvalue weighted by Crippen LogP contribution is -2.05. The molecule has 2 rings (SSSR count). The highest BCUT2D eigenvalue weighted by Crippen LogP contribution is 2.35. The molecular weight excluding hydrogens is 271 g/mol. The van der Waals surface area contributed by atoms with Crippen molar-refractivity contribution in [1.29, 1.82) is 0 Å². The van der Waals surface area contributed by atoms with Crippen LogP contribution in [0.15, 0.2) is 42.5 Å². The van der Waals surface area contributed by atoms with E-state index in [1.54, 1.807) is 14.2 Å². The first-order valence-electron chi connectivity index (χ1n) is 6.24. The molecule has 0 aliphatic carbocycles. The molecule has 0 aromatic heterocycles. The molecule has 1 unspecified atom stereocenters. The molecule has 2 aromatic carbocycles. The van der Waals surface area contributed by atoms with Crippen LogP contribution in [-0.2, 0) is 0 Å². The number of ether oxygens (including phenoxy) is 2. The molecule has 0 radical (unpaired) electrons. The van der Waals surface area contributed by atoms with Crippen LogP contribution in [0.5, 0.6) is 11.5 Å². The van der Waals surface area contributed by atoms with Crippen LogP contribution in [0.1, 0.15) is 15.9 Å². The van der Waals surface area contributed by atoms with Crippen molar-refractivity contribution in [3.05, 3.63) is 53.6 Å². The molecule has 2 aromatic rings. The fourth-order valence-corrected chi connectivity index (χ4v) is 2.97. The molecule has 4 heteroatoms. The number of carbonyl (C=O) groups is 1. The molecule has 0 heterocycles. The normalized spacial score (nSPS) is 10.8. The van der Waals surface area contributed by atoms with Gasteiger partial charge in [-0.1, -0.05) is 30.3 Å². The summed E-state index contributed by atoms with van der Waals surface area (Å²) in [5.74, 6) is 1.13. The summed E-state index contributed by atoms with van der Waals surface area (Å²) in [7, 11) is 3.18. The summed E-state index contributed by atoms with van der Waals surface area (Å²) in [6, 6.07) is 13.4. The molecule has 0 saturated heterocycles. The first kappa shape index (κ1) is 14.5. The molecule has 0 bridgehead atoms. The number of benzene rings is 2. The van der Waals surface area contributed by atoms with E-state index in [0.29, 0.717) is 17.1 Å². The van der Waals surface area contributed by atoms with Crippen LogP contribution >= 0.6 is 8.58 Å². The number of methoxy groups -OCH3 is 2. The van der Waals surface area contributed by atoms with Gasteiger partial charge in [-0.05, 0) is 38.5 Å². The van der Waals surface area contributed by atoms with Crippen LogP contribution in [0.25, 0.3) is 0 Å². The Morgan fingerprint density at radius 2 is 1.55 bits per heavy atom. The minimum atomic E-state index is 0.0184.